The Labute approximate surface area is 106 Å². The van der Waals surface area contributed by atoms with Gasteiger partial charge in [0.25, 0.3) is 0 Å². The van der Waals surface area contributed by atoms with Crippen LogP contribution in [-0.2, 0) is 0 Å². The van der Waals surface area contributed by atoms with Crippen LogP contribution in [0, 0.1) is 5.92 Å². The molecule has 0 aliphatic carbocycles. The smallest absolute Gasteiger partial charge is 0.0587 e. The molecule has 3 atom stereocenters. The van der Waals surface area contributed by atoms with E-state index in [0.29, 0.717) is 18.0 Å². The van der Waals surface area contributed by atoms with E-state index in [2.05, 4.69) is 31.4 Å². The highest BCUT2D eigenvalue weighted by atomic mass is 16.3. The van der Waals surface area contributed by atoms with E-state index in [1.54, 1.807) is 0 Å². The molecule has 3 N–H and O–H groups in total. The van der Waals surface area contributed by atoms with E-state index in [0.717, 1.165) is 0 Å². The summed E-state index contributed by atoms with van der Waals surface area (Å²) in [6.45, 7) is 7.96. The first-order valence-corrected chi connectivity index (χ1v) is 7.23. The van der Waals surface area contributed by atoms with Crippen LogP contribution in [-0.4, -0.2) is 36.4 Å². The second-order valence-corrected chi connectivity index (χ2v) is 5.84. The number of rotatable bonds is 6. The number of hydrogen-bond acceptors (Lipinski definition) is 3. The lowest BCUT2D eigenvalue weighted by atomic mass is 10.00. The highest BCUT2D eigenvalue weighted by Crippen LogP contribution is 2.13. The number of aliphatic hydroxyl groups excluding tert-OH is 1. The van der Waals surface area contributed by atoms with Gasteiger partial charge in [-0.1, -0.05) is 26.7 Å². The van der Waals surface area contributed by atoms with Gasteiger partial charge in [-0.05, 0) is 38.6 Å². The molecule has 3 unspecified atom stereocenters. The third kappa shape index (κ3) is 5.84. The van der Waals surface area contributed by atoms with Crippen LogP contribution in [0.5, 0.6) is 0 Å². The molecular weight excluding hydrogens is 212 g/mol. The zero-order valence-corrected chi connectivity index (χ0v) is 11.7. The Balaban J connectivity index is 2.29. The molecule has 0 radical (unpaired) electrons. The summed E-state index contributed by atoms with van der Waals surface area (Å²) in [4.78, 5) is 0. The van der Waals surface area contributed by atoms with Gasteiger partial charge in [-0.3, -0.25) is 0 Å². The second-order valence-electron chi connectivity index (χ2n) is 5.84. The molecule has 1 saturated heterocycles. The van der Waals surface area contributed by atoms with Gasteiger partial charge in [-0.15, -0.1) is 0 Å². The van der Waals surface area contributed by atoms with Gasteiger partial charge in [0.05, 0.1) is 6.61 Å². The molecule has 0 aromatic carbocycles. The van der Waals surface area contributed by atoms with Gasteiger partial charge in [0.15, 0.2) is 0 Å². The van der Waals surface area contributed by atoms with Crippen molar-refractivity contribution >= 4 is 0 Å². The van der Waals surface area contributed by atoms with Crippen molar-refractivity contribution in [3.05, 3.63) is 0 Å². The normalized spacial score (nSPS) is 25.6. The standard InChI is InChI=1S/C14H30N2O/c1-11(2)14(10-17)16-12(3)9-13-7-5-4-6-8-15-13/h11-17H,4-10H2,1-3H3. The van der Waals surface area contributed by atoms with Gasteiger partial charge in [-0.25, -0.2) is 0 Å². The highest BCUT2D eigenvalue weighted by Gasteiger charge is 2.18. The zero-order chi connectivity index (χ0) is 12.7. The molecule has 1 aliphatic rings. The summed E-state index contributed by atoms with van der Waals surface area (Å²) in [5, 5.41) is 16.5. The molecular formula is C14H30N2O. The van der Waals surface area contributed by atoms with E-state index in [1.165, 1.54) is 38.6 Å². The van der Waals surface area contributed by atoms with Gasteiger partial charge in [0.1, 0.15) is 0 Å². The third-order valence-electron chi connectivity index (χ3n) is 3.80. The van der Waals surface area contributed by atoms with Crippen molar-refractivity contribution in [2.24, 2.45) is 5.92 Å². The fourth-order valence-electron chi connectivity index (χ4n) is 2.62. The number of hydrogen-bond donors (Lipinski definition) is 3. The van der Waals surface area contributed by atoms with Gasteiger partial charge >= 0.3 is 0 Å². The van der Waals surface area contributed by atoms with Gasteiger partial charge < -0.3 is 15.7 Å². The molecule has 0 amide bonds. The Kier molecular flexibility index (Phi) is 7.09. The molecule has 0 saturated carbocycles. The van der Waals surface area contributed by atoms with Crippen molar-refractivity contribution in [2.45, 2.75) is 71.0 Å². The molecule has 102 valence electrons. The average molecular weight is 242 g/mol. The maximum absolute atomic E-state index is 9.32. The Morgan fingerprint density at radius 3 is 2.65 bits per heavy atom. The van der Waals surface area contributed by atoms with Crippen LogP contribution in [0.1, 0.15) is 52.9 Å². The zero-order valence-electron chi connectivity index (χ0n) is 11.7. The summed E-state index contributed by atoms with van der Waals surface area (Å²) < 4.78 is 0. The van der Waals surface area contributed by atoms with Crippen molar-refractivity contribution < 1.29 is 5.11 Å². The van der Waals surface area contributed by atoms with E-state index < -0.39 is 0 Å². The SMILES string of the molecule is CC(CC1CCCCCN1)NC(CO)C(C)C. The van der Waals surface area contributed by atoms with Gasteiger partial charge in [-0.2, -0.15) is 0 Å². The Morgan fingerprint density at radius 1 is 1.24 bits per heavy atom. The minimum atomic E-state index is 0.232. The van der Waals surface area contributed by atoms with E-state index in [9.17, 15) is 5.11 Å². The van der Waals surface area contributed by atoms with Crippen LogP contribution < -0.4 is 10.6 Å². The predicted molar refractivity (Wildman–Crippen MR) is 73.2 cm³/mol. The van der Waals surface area contributed by atoms with E-state index in [4.69, 9.17) is 0 Å². The Bertz CT molecular complexity index is 189. The van der Waals surface area contributed by atoms with Crippen molar-refractivity contribution in [3.8, 4) is 0 Å². The number of nitrogens with one attached hydrogen (secondary N) is 2. The predicted octanol–water partition coefficient (Wildman–Crippen LogP) is 1.90. The summed E-state index contributed by atoms with van der Waals surface area (Å²) in [6, 6.07) is 1.37. The van der Waals surface area contributed by atoms with Gasteiger partial charge in [0.2, 0.25) is 0 Å². The molecule has 1 aliphatic heterocycles. The molecule has 0 spiro atoms. The van der Waals surface area contributed by atoms with E-state index in [-0.39, 0.29) is 12.6 Å². The maximum Gasteiger partial charge on any atom is 0.0587 e. The fraction of sp³-hybridized carbons (Fsp3) is 1.00. The first-order chi connectivity index (χ1) is 8.13. The molecule has 1 heterocycles. The first-order valence-electron chi connectivity index (χ1n) is 7.23. The second kappa shape index (κ2) is 8.06. The average Bonchev–Trinajstić information content (AvgIpc) is 2.54. The Hall–Kier alpha value is -0.120. The van der Waals surface area contributed by atoms with Crippen molar-refractivity contribution in [1.82, 2.24) is 10.6 Å². The Morgan fingerprint density at radius 2 is 2.00 bits per heavy atom. The fourth-order valence-corrected chi connectivity index (χ4v) is 2.62. The summed E-state index contributed by atoms with van der Waals surface area (Å²) in [7, 11) is 0. The van der Waals surface area contributed by atoms with Crippen LogP contribution in [0.2, 0.25) is 0 Å². The third-order valence-corrected chi connectivity index (χ3v) is 3.80. The summed E-state index contributed by atoms with van der Waals surface area (Å²) >= 11 is 0. The highest BCUT2D eigenvalue weighted by molar-refractivity contribution is 4.79. The van der Waals surface area contributed by atoms with E-state index in [1.807, 2.05) is 0 Å². The minimum absolute atomic E-state index is 0.232. The molecule has 0 aromatic rings. The largest absolute Gasteiger partial charge is 0.395 e. The molecule has 17 heavy (non-hydrogen) atoms. The topological polar surface area (TPSA) is 44.3 Å². The minimum Gasteiger partial charge on any atom is -0.395 e. The van der Waals surface area contributed by atoms with Crippen LogP contribution in [0.3, 0.4) is 0 Å². The van der Waals surface area contributed by atoms with Crippen molar-refractivity contribution in [1.29, 1.82) is 0 Å². The van der Waals surface area contributed by atoms with Crippen LogP contribution in [0.25, 0.3) is 0 Å². The lowest BCUT2D eigenvalue weighted by molar-refractivity contribution is 0.196. The van der Waals surface area contributed by atoms with Crippen LogP contribution in [0.15, 0.2) is 0 Å². The van der Waals surface area contributed by atoms with Crippen molar-refractivity contribution in [3.63, 3.8) is 0 Å². The molecule has 3 nitrogen and oxygen atoms in total. The quantitative estimate of drug-likeness (QED) is 0.666. The van der Waals surface area contributed by atoms with E-state index >= 15 is 0 Å². The lowest BCUT2D eigenvalue weighted by Crippen LogP contribution is -2.45. The summed E-state index contributed by atoms with van der Waals surface area (Å²) in [6.07, 6.45) is 6.53. The van der Waals surface area contributed by atoms with Crippen LogP contribution >= 0.6 is 0 Å². The lowest BCUT2D eigenvalue weighted by Gasteiger charge is -2.27. The molecule has 3 heteroatoms. The maximum atomic E-state index is 9.32. The molecule has 0 bridgehead atoms. The first kappa shape index (κ1) is 14.9. The van der Waals surface area contributed by atoms with Gasteiger partial charge in [0, 0.05) is 18.1 Å². The summed E-state index contributed by atoms with van der Waals surface area (Å²) in [5.41, 5.74) is 0. The molecule has 0 aromatic heterocycles. The summed E-state index contributed by atoms with van der Waals surface area (Å²) in [5.74, 6) is 0.490. The van der Waals surface area contributed by atoms with Crippen molar-refractivity contribution in [2.75, 3.05) is 13.2 Å². The molecule has 1 rings (SSSR count). The number of aliphatic hydroxyl groups is 1. The monoisotopic (exact) mass is 242 g/mol. The molecule has 1 fully saturated rings. The van der Waals surface area contributed by atoms with Crippen LogP contribution in [0.4, 0.5) is 0 Å².